The zero-order valence-corrected chi connectivity index (χ0v) is 44.6. The van der Waals surface area contributed by atoms with Crippen LogP contribution in [0.2, 0.25) is 0 Å². The van der Waals surface area contributed by atoms with Crippen LogP contribution in [0.15, 0.2) is 95.7 Å². The molecule has 0 unspecified atom stereocenters. The second-order valence-corrected chi connectivity index (χ2v) is 23.6. The second kappa shape index (κ2) is 21.2. The van der Waals surface area contributed by atoms with Gasteiger partial charge >= 0.3 is 0 Å². The van der Waals surface area contributed by atoms with E-state index in [2.05, 4.69) is 79.2 Å². The first-order valence-corrected chi connectivity index (χ1v) is 28.3. The number of carbonyl (C=O) groups is 1. The highest BCUT2D eigenvalue weighted by atomic mass is 32.2. The Kier molecular flexibility index (Phi) is 14.4. The Morgan fingerprint density at radius 1 is 1.00 bits per heavy atom. The summed E-state index contributed by atoms with van der Waals surface area (Å²) in [4.78, 5) is 48.6. The normalized spacial score (nSPS) is 19.1. The van der Waals surface area contributed by atoms with Crippen molar-refractivity contribution in [1.82, 2.24) is 34.5 Å². The summed E-state index contributed by atoms with van der Waals surface area (Å²) in [6.07, 6.45) is 8.86. The molecule has 3 aliphatic heterocycles. The number of aromatic nitrogens is 4. The number of sulfonamides is 1. The molecule has 1 saturated carbocycles. The number of nitro groups is 1. The fourth-order valence-corrected chi connectivity index (χ4v) is 13.8. The number of halogens is 2. The van der Waals surface area contributed by atoms with E-state index < -0.39 is 48.5 Å². The first-order valence-electron chi connectivity index (χ1n) is 26.0. The van der Waals surface area contributed by atoms with Crippen LogP contribution in [0.3, 0.4) is 0 Å². The van der Waals surface area contributed by atoms with Crippen molar-refractivity contribution in [2.75, 3.05) is 69.8 Å². The maximum absolute atomic E-state index is 16.7. The largest absolute Gasteiger partial charge is 0.481 e. The SMILES string of the molecule is COc1ccc(CN2CCN(C3CC4(CCN(c5cc(Oc6cnc7[nH]ccc7c6)c(C(=O)NS(=O)(=O)c6cc([N+](=O)[O-])c(NCC7(F)CCOCC7)c7scnc67)cc5F)CC4)C3)[C@H](c3ccccc3C(C)C)C2)cn1. The summed E-state index contributed by atoms with van der Waals surface area (Å²) in [5.74, 6) is -0.990. The summed E-state index contributed by atoms with van der Waals surface area (Å²) in [6, 6.07) is 20.0. The number of benzene rings is 3. The van der Waals surface area contributed by atoms with Crippen LogP contribution in [-0.2, 0) is 21.3 Å². The minimum absolute atomic E-state index is 0.0723. The molecular formula is C55H60F2N10O8S2. The van der Waals surface area contributed by atoms with Crippen molar-refractivity contribution in [3.05, 3.63) is 129 Å². The summed E-state index contributed by atoms with van der Waals surface area (Å²) in [5.41, 5.74) is 2.91. The predicted molar refractivity (Wildman–Crippen MR) is 289 cm³/mol. The van der Waals surface area contributed by atoms with Gasteiger partial charge in [-0.25, -0.2) is 36.9 Å². The van der Waals surface area contributed by atoms with Crippen LogP contribution in [0.5, 0.6) is 17.4 Å². The quantitative estimate of drug-likeness (QED) is 0.0607. The number of alkyl halides is 1. The summed E-state index contributed by atoms with van der Waals surface area (Å²) in [6.45, 7) is 9.18. The third-order valence-corrected chi connectivity index (χ3v) is 18.2. The number of ether oxygens (including phenoxy) is 3. The van der Waals surface area contributed by atoms with Crippen molar-refractivity contribution >= 4 is 65.6 Å². The number of H-pyrrole nitrogens is 1. The van der Waals surface area contributed by atoms with Gasteiger partial charge in [0, 0.05) is 120 Å². The number of hydrogen-bond donors (Lipinski definition) is 3. The summed E-state index contributed by atoms with van der Waals surface area (Å²) < 4.78 is 79.8. The molecule has 0 bridgehead atoms. The Morgan fingerprint density at radius 2 is 1.79 bits per heavy atom. The van der Waals surface area contributed by atoms with Crippen molar-refractivity contribution in [3.63, 3.8) is 0 Å². The molecule has 404 valence electrons. The number of nitro benzene ring substituents is 1. The molecule has 1 aliphatic carbocycles. The first-order chi connectivity index (χ1) is 37.1. The molecular weight excluding hydrogens is 1030 g/mol. The molecule has 22 heteroatoms. The number of pyridine rings is 2. The summed E-state index contributed by atoms with van der Waals surface area (Å²) >= 11 is 0.918. The first kappa shape index (κ1) is 52.2. The van der Waals surface area contributed by atoms with Gasteiger partial charge in [-0.05, 0) is 71.9 Å². The zero-order chi connectivity index (χ0) is 53.6. The Bertz CT molecular complexity index is 3450. The van der Waals surface area contributed by atoms with E-state index in [1.807, 2.05) is 21.9 Å². The fraction of sp³-hybridized carbons (Fsp3) is 0.418. The highest BCUT2D eigenvalue weighted by Gasteiger charge is 2.50. The van der Waals surface area contributed by atoms with Crippen LogP contribution in [0.25, 0.3) is 21.3 Å². The lowest BCUT2D eigenvalue weighted by atomic mass is 9.59. The van der Waals surface area contributed by atoms with Gasteiger partial charge in [-0.3, -0.25) is 24.7 Å². The molecule has 7 heterocycles. The third-order valence-electron chi connectivity index (χ3n) is 16.0. The van der Waals surface area contributed by atoms with E-state index in [-0.39, 0.29) is 77.1 Å². The Hall–Kier alpha value is -6.85. The van der Waals surface area contributed by atoms with E-state index in [9.17, 15) is 23.3 Å². The average Bonchev–Trinajstić information content (AvgIpc) is 4.19. The topological polar surface area (TPSA) is 210 Å². The summed E-state index contributed by atoms with van der Waals surface area (Å²) in [7, 11) is -3.32. The molecule has 18 nitrogen and oxygen atoms in total. The van der Waals surface area contributed by atoms with Crippen molar-refractivity contribution in [2.24, 2.45) is 5.41 Å². The number of nitrogens with one attached hydrogen (secondary N) is 3. The van der Waals surface area contributed by atoms with E-state index in [4.69, 9.17) is 14.2 Å². The minimum atomic E-state index is -4.94. The van der Waals surface area contributed by atoms with Crippen LogP contribution in [0.1, 0.15) is 91.4 Å². The third kappa shape index (κ3) is 10.6. The van der Waals surface area contributed by atoms with Gasteiger partial charge in [-0.2, -0.15) is 0 Å². The van der Waals surface area contributed by atoms with Gasteiger partial charge in [0.25, 0.3) is 21.6 Å². The van der Waals surface area contributed by atoms with Gasteiger partial charge in [0.2, 0.25) is 5.88 Å². The van der Waals surface area contributed by atoms with Crippen LogP contribution >= 0.6 is 11.3 Å². The van der Waals surface area contributed by atoms with E-state index in [0.717, 1.165) is 80.9 Å². The standard InChI is InChI=1S/C55H60F2N10O8S2/c1-34(2)39-6-4-5-7-40(39)45-31-64(30-35-8-9-48(73-3)59-28-35)18-19-66(45)37-26-54(27-37)11-16-65(17-12-54)43-24-46(75-38-22-36-10-15-58-52(36)60-29-38)41(23-42(43)56)53(68)63-77(71,72)47-25-44(67(69)70)49(51-50(47)62-33-76-51)61-32-55(57)13-20-74-21-14-55/h4-10,15,22-25,28-29,33-34,37,45,61H,11-14,16-21,26-27,30-32H2,1-3H3,(H,58,60)(H,63,68)/t45-/m0/s1. The van der Waals surface area contributed by atoms with Gasteiger partial charge in [0.15, 0.2) is 0 Å². The van der Waals surface area contributed by atoms with E-state index in [0.29, 0.717) is 42.0 Å². The smallest absolute Gasteiger partial charge is 0.295 e. The number of thiazole rings is 1. The number of fused-ring (bicyclic) bond motifs is 2. The number of aromatic amines is 1. The number of anilines is 2. The van der Waals surface area contributed by atoms with E-state index in [1.165, 1.54) is 28.9 Å². The fourth-order valence-electron chi connectivity index (χ4n) is 11.8. The van der Waals surface area contributed by atoms with E-state index in [1.54, 1.807) is 25.4 Å². The van der Waals surface area contributed by atoms with Crippen LogP contribution in [-0.4, -0.2) is 120 Å². The van der Waals surface area contributed by atoms with E-state index >= 15 is 8.78 Å². The average molecular weight is 1090 g/mol. The van der Waals surface area contributed by atoms with Crippen molar-refractivity contribution in [2.45, 2.75) is 87.5 Å². The molecule has 11 rings (SSSR count). The minimum Gasteiger partial charge on any atom is -0.481 e. The molecule has 1 atom stereocenters. The van der Waals surface area contributed by atoms with Crippen molar-refractivity contribution in [3.8, 4) is 17.4 Å². The molecule has 77 heavy (non-hydrogen) atoms. The molecule has 4 fully saturated rings. The monoisotopic (exact) mass is 1090 g/mol. The van der Waals surface area contributed by atoms with Crippen LogP contribution in [0.4, 0.5) is 25.8 Å². The predicted octanol–water partition coefficient (Wildman–Crippen LogP) is 9.90. The number of piperazine rings is 1. The molecule has 0 radical (unpaired) electrons. The molecule has 1 spiro atoms. The number of amides is 1. The van der Waals surface area contributed by atoms with Crippen molar-refractivity contribution < 1.29 is 41.1 Å². The van der Waals surface area contributed by atoms with Crippen molar-refractivity contribution in [1.29, 1.82) is 0 Å². The maximum atomic E-state index is 16.7. The number of rotatable bonds is 16. The molecule has 3 N–H and O–H groups in total. The van der Waals surface area contributed by atoms with Gasteiger partial charge in [-0.15, -0.1) is 11.3 Å². The lowest BCUT2D eigenvalue weighted by Gasteiger charge is -2.58. The lowest BCUT2D eigenvalue weighted by Crippen LogP contribution is -2.60. The number of methoxy groups -OCH3 is 1. The number of hydrogen-bond acceptors (Lipinski definition) is 16. The highest BCUT2D eigenvalue weighted by molar-refractivity contribution is 7.90. The maximum Gasteiger partial charge on any atom is 0.295 e. The van der Waals surface area contributed by atoms with Gasteiger partial charge < -0.3 is 29.4 Å². The number of piperidine rings is 1. The molecule has 3 aromatic carbocycles. The van der Waals surface area contributed by atoms with Gasteiger partial charge in [-0.1, -0.05) is 44.2 Å². The molecule has 4 aliphatic rings. The molecule has 7 aromatic rings. The van der Waals surface area contributed by atoms with Crippen LogP contribution < -0.4 is 24.4 Å². The molecule has 4 aromatic heterocycles. The zero-order valence-electron chi connectivity index (χ0n) is 43.0. The van der Waals surface area contributed by atoms with Gasteiger partial charge in [0.1, 0.15) is 44.7 Å². The van der Waals surface area contributed by atoms with Gasteiger partial charge in [0.05, 0.1) is 39.7 Å². The molecule has 1 amide bonds. The molecule has 3 saturated heterocycles. The Balaban J connectivity index is 0.823. The Morgan fingerprint density at radius 3 is 2.53 bits per heavy atom. The lowest BCUT2D eigenvalue weighted by molar-refractivity contribution is -0.384. The second-order valence-electron chi connectivity index (χ2n) is 21.1. The van der Waals surface area contributed by atoms with Crippen LogP contribution in [0, 0.1) is 21.3 Å². The highest BCUT2D eigenvalue weighted by Crippen LogP contribution is 2.54. The Labute approximate surface area is 448 Å². The number of nitrogens with zero attached hydrogens (tertiary/aromatic N) is 7. The summed E-state index contributed by atoms with van der Waals surface area (Å²) in [5, 5.41) is 16.0. The number of carbonyl (C=O) groups excluding carboxylic acids is 1.